The molecule has 2 rings (SSSR count). The zero-order valence-corrected chi connectivity index (χ0v) is 10.9. The summed E-state index contributed by atoms with van der Waals surface area (Å²) in [5.74, 6) is -0.323. The van der Waals surface area contributed by atoms with Gasteiger partial charge in [-0.05, 0) is 34.5 Å². The SMILES string of the molecule is Cc1ccc(C=Cc2cc(Br)ncc2F)cc1. The van der Waals surface area contributed by atoms with Crippen LogP contribution >= 0.6 is 15.9 Å². The molecule has 1 aromatic carbocycles. The Morgan fingerprint density at radius 1 is 1.18 bits per heavy atom. The largest absolute Gasteiger partial charge is 0.246 e. The van der Waals surface area contributed by atoms with Gasteiger partial charge in [0.2, 0.25) is 0 Å². The third-order valence-electron chi connectivity index (χ3n) is 2.38. The molecule has 17 heavy (non-hydrogen) atoms. The zero-order valence-electron chi connectivity index (χ0n) is 9.32. The van der Waals surface area contributed by atoms with Crippen LogP contribution in [-0.2, 0) is 0 Å². The molecule has 0 spiro atoms. The van der Waals surface area contributed by atoms with Gasteiger partial charge in [-0.25, -0.2) is 9.37 Å². The van der Waals surface area contributed by atoms with Crippen molar-refractivity contribution in [2.24, 2.45) is 0 Å². The fourth-order valence-electron chi connectivity index (χ4n) is 1.42. The fraction of sp³-hybridized carbons (Fsp3) is 0.0714. The van der Waals surface area contributed by atoms with Crippen LogP contribution in [0.15, 0.2) is 41.1 Å². The Morgan fingerprint density at radius 2 is 1.88 bits per heavy atom. The molecule has 3 heteroatoms. The van der Waals surface area contributed by atoms with E-state index >= 15 is 0 Å². The molecule has 0 aliphatic carbocycles. The Hall–Kier alpha value is -1.48. The molecule has 0 aliphatic heterocycles. The lowest BCUT2D eigenvalue weighted by Crippen LogP contribution is -1.85. The van der Waals surface area contributed by atoms with Gasteiger partial charge in [-0.1, -0.05) is 42.0 Å². The highest BCUT2D eigenvalue weighted by Gasteiger charge is 1.99. The van der Waals surface area contributed by atoms with Crippen molar-refractivity contribution in [3.8, 4) is 0 Å². The van der Waals surface area contributed by atoms with Gasteiger partial charge in [-0.2, -0.15) is 0 Å². The second-order valence-electron chi connectivity index (χ2n) is 3.77. The molecular formula is C14H11BrFN. The van der Waals surface area contributed by atoms with Crippen LogP contribution in [0.4, 0.5) is 4.39 Å². The highest BCUT2D eigenvalue weighted by Crippen LogP contribution is 2.15. The Balaban J connectivity index is 2.25. The molecule has 0 unspecified atom stereocenters. The van der Waals surface area contributed by atoms with Gasteiger partial charge in [0.15, 0.2) is 0 Å². The smallest absolute Gasteiger partial charge is 0.148 e. The summed E-state index contributed by atoms with van der Waals surface area (Å²) in [6.07, 6.45) is 4.83. The molecule has 0 saturated carbocycles. The van der Waals surface area contributed by atoms with Gasteiger partial charge in [0.25, 0.3) is 0 Å². The first-order valence-electron chi connectivity index (χ1n) is 5.21. The predicted molar refractivity (Wildman–Crippen MR) is 72.0 cm³/mol. The van der Waals surface area contributed by atoms with Gasteiger partial charge in [0.05, 0.1) is 6.20 Å². The van der Waals surface area contributed by atoms with Gasteiger partial charge in [0, 0.05) is 5.56 Å². The van der Waals surface area contributed by atoms with E-state index in [0.29, 0.717) is 10.2 Å². The van der Waals surface area contributed by atoms with Crippen LogP contribution < -0.4 is 0 Å². The Labute approximate surface area is 108 Å². The quantitative estimate of drug-likeness (QED) is 0.745. The standard InChI is InChI=1S/C14H11BrFN/c1-10-2-4-11(5-3-10)6-7-12-8-14(15)17-9-13(12)16/h2-9H,1H3. The van der Waals surface area contributed by atoms with E-state index < -0.39 is 0 Å². The van der Waals surface area contributed by atoms with Crippen LogP contribution in [0, 0.1) is 12.7 Å². The van der Waals surface area contributed by atoms with E-state index in [1.165, 1.54) is 11.8 Å². The van der Waals surface area contributed by atoms with E-state index in [0.717, 1.165) is 5.56 Å². The second-order valence-corrected chi connectivity index (χ2v) is 4.59. The van der Waals surface area contributed by atoms with E-state index in [1.54, 1.807) is 12.1 Å². The number of pyridine rings is 1. The number of hydrogen-bond donors (Lipinski definition) is 0. The van der Waals surface area contributed by atoms with Crippen LogP contribution in [0.2, 0.25) is 0 Å². The normalized spacial score (nSPS) is 11.0. The maximum atomic E-state index is 13.4. The number of aromatic nitrogens is 1. The predicted octanol–water partition coefficient (Wildman–Crippen LogP) is 4.46. The lowest BCUT2D eigenvalue weighted by Gasteiger charge is -1.98. The average Bonchev–Trinajstić information content (AvgIpc) is 2.32. The minimum Gasteiger partial charge on any atom is -0.246 e. The van der Waals surface area contributed by atoms with Crippen molar-refractivity contribution in [1.82, 2.24) is 4.98 Å². The Kier molecular flexibility index (Phi) is 3.69. The van der Waals surface area contributed by atoms with E-state index in [-0.39, 0.29) is 5.82 Å². The highest BCUT2D eigenvalue weighted by atomic mass is 79.9. The molecule has 0 bridgehead atoms. The highest BCUT2D eigenvalue weighted by molar-refractivity contribution is 9.10. The molecule has 0 amide bonds. The number of rotatable bonds is 2. The molecule has 2 aromatic rings. The average molecular weight is 292 g/mol. The van der Waals surface area contributed by atoms with Crippen LogP contribution in [-0.4, -0.2) is 4.98 Å². The van der Waals surface area contributed by atoms with E-state index in [1.807, 2.05) is 37.3 Å². The van der Waals surface area contributed by atoms with Crippen LogP contribution in [0.1, 0.15) is 16.7 Å². The summed E-state index contributed by atoms with van der Waals surface area (Å²) in [6, 6.07) is 9.71. The van der Waals surface area contributed by atoms with E-state index in [2.05, 4.69) is 20.9 Å². The maximum Gasteiger partial charge on any atom is 0.148 e. The van der Waals surface area contributed by atoms with Crippen LogP contribution in [0.25, 0.3) is 12.2 Å². The minimum absolute atomic E-state index is 0.323. The van der Waals surface area contributed by atoms with Crippen molar-refractivity contribution < 1.29 is 4.39 Å². The van der Waals surface area contributed by atoms with Crippen molar-refractivity contribution in [1.29, 1.82) is 0 Å². The molecule has 0 radical (unpaired) electrons. The van der Waals surface area contributed by atoms with Crippen molar-refractivity contribution in [2.45, 2.75) is 6.92 Å². The van der Waals surface area contributed by atoms with E-state index in [4.69, 9.17) is 0 Å². The van der Waals surface area contributed by atoms with Gasteiger partial charge < -0.3 is 0 Å². The molecule has 0 fully saturated rings. The first-order valence-corrected chi connectivity index (χ1v) is 6.00. The van der Waals surface area contributed by atoms with Crippen molar-refractivity contribution in [2.75, 3.05) is 0 Å². The third-order valence-corrected chi connectivity index (χ3v) is 2.82. The zero-order chi connectivity index (χ0) is 12.3. The lowest BCUT2D eigenvalue weighted by atomic mass is 10.1. The van der Waals surface area contributed by atoms with E-state index in [9.17, 15) is 4.39 Å². The molecule has 1 heterocycles. The van der Waals surface area contributed by atoms with Crippen LogP contribution in [0.5, 0.6) is 0 Å². The Morgan fingerprint density at radius 3 is 2.59 bits per heavy atom. The Bertz CT molecular complexity index is 547. The first kappa shape index (κ1) is 12.0. The summed E-state index contributed by atoms with van der Waals surface area (Å²) < 4.78 is 14.0. The molecule has 0 atom stereocenters. The van der Waals surface area contributed by atoms with Gasteiger partial charge in [-0.3, -0.25) is 0 Å². The molecule has 86 valence electrons. The minimum atomic E-state index is -0.323. The first-order chi connectivity index (χ1) is 8.15. The summed E-state index contributed by atoms with van der Waals surface area (Å²) in [6.45, 7) is 2.03. The molecule has 0 N–H and O–H groups in total. The topological polar surface area (TPSA) is 12.9 Å². The van der Waals surface area contributed by atoms with Crippen molar-refractivity contribution in [3.63, 3.8) is 0 Å². The van der Waals surface area contributed by atoms with Gasteiger partial charge >= 0.3 is 0 Å². The molecule has 0 aliphatic rings. The lowest BCUT2D eigenvalue weighted by molar-refractivity contribution is 0.618. The maximum absolute atomic E-state index is 13.4. The fourth-order valence-corrected chi connectivity index (χ4v) is 1.77. The number of aryl methyl sites for hydroxylation is 1. The van der Waals surface area contributed by atoms with Gasteiger partial charge in [-0.15, -0.1) is 0 Å². The number of benzene rings is 1. The summed E-state index contributed by atoms with van der Waals surface area (Å²) >= 11 is 3.22. The molecular weight excluding hydrogens is 281 g/mol. The molecule has 1 nitrogen and oxygen atoms in total. The molecule has 0 saturated heterocycles. The van der Waals surface area contributed by atoms with Gasteiger partial charge in [0.1, 0.15) is 10.4 Å². The summed E-state index contributed by atoms with van der Waals surface area (Å²) in [7, 11) is 0. The second kappa shape index (κ2) is 5.23. The summed E-state index contributed by atoms with van der Waals surface area (Å²) in [5, 5.41) is 0. The third kappa shape index (κ3) is 3.24. The van der Waals surface area contributed by atoms with Crippen molar-refractivity contribution in [3.05, 3.63) is 63.6 Å². The monoisotopic (exact) mass is 291 g/mol. The number of hydrogen-bond acceptors (Lipinski definition) is 1. The molecule has 1 aromatic heterocycles. The number of halogens is 2. The summed E-state index contributed by atoms with van der Waals surface area (Å²) in [4.78, 5) is 3.81. The summed E-state index contributed by atoms with van der Waals surface area (Å²) in [5.41, 5.74) is 2.77. The van der Waals surface area contributed by atoms with Crippen LogP contribution in [0.3, 0.4) is 0 Å². The number of nitrogens with zero attached hydrogens (tertiary/aromatic N) is 1. The van der Waals surface area contributed by atoms with Crippen molar-refractivity contribution >= 4 is 28.1 Å².